The molecule has 4 heteroatoms. The zero-order valence-electron chi connectivity index (χ0n) is 12.4. The molecule has 0 saturated heterocycles. The molecule has 0 aliphatic rings. The van der Waals surface area contributed by atoms with Crippen LogP contribution < -0.4 is 10.4 Å². The lowest BCUT2D eigenvalue weighted by atomic mass is 9.94. The number of hydrogen-bond acceptors (Lipinski definition) is 3. The summed E-state index contributed by atoms with van der Waals surface area (Å²) in [6.07, 6.45) is 0.0689. The summed E-state index contributed by atoms with van der Waals surface area (Å²) in [6.45, 7) is 1.98. The van der Waals surface area contributed by atoms with E-state index in [1.165, 1.54) is 0 Å². The van der Waals surface area contributed by atoms with Crippen molar-refractivity contribution in [2.45, 2.75) is 19.8 Å². The summed E-state index contributed by atoms with van der Waals surface area (Å²) in [5, 5.41) is 13.7. The van der Waals surface area contributed by atoms with Gasteiger partial charge in [-0.3, -0.25) is 4.79 Å². The van der Waals surface area contributed by atoms with Crippen LogP contribution in [0, 0.1) is 12.8 Å². The average molecular weight is 296 g/mol. The van der Waals surface area contributed by atoms with Gasteiger partial charge in [0.15, 0.2) is 0 Å². The molecule has 1 unspecified atom stereocenters. The minimum absolute atomic E-state index is 0.299. The highest BCUT2D eigenvalue weighted by Crippen LogP contribution is 2.16. The highest BCUT2D eigenvalue weighted by atomic mass is 16.4. The number of carboxylic acids is 1. The Morgan fingerprint density at radius 2 is 1.68 bits per heavy atom. The first-order valence-electron chi connectivity index (χ1n) is 7.16. The van der Waals surface area contributed by atoms with Crippen LogP contribution in [0.1, 0.15) is 17.5 Å². The lowest BCUT2D eigenvalue weighted by Crippen LogP contribution is -2.32. The highest BCUT2D eigenvalue weighted by molar-refractivity contribution is 5.94. The number of anilines is 1. The summed E-state index contributed by atoms with van der Waals surface area (Å²) in [5.41, 5.74) is 2.70. The molecule has 4 nitrogen and oxygen atoms in total. The molecule has 1 N–H and O–H groups in total. The fourth-order valence-corrected chi connectivity index (χ4v) is 2.23. The van der Waals surface area contributed by atoms with Gasteiger partial charge in [-0.15, -0.1) is 0 Å². The number of aryl methyl sites for hydroxylation is 1. The van der Waals surface area contributed by atoms with Gasteiger partial charge in [0.2, 0.25) is 5.91 Å². The Labute approximate surface area is 129 Å². The summed E-state index contributed by atoms with van der Waals surface area (Å²) in [7, 11) is 0. The van der Waals surface area contributed by atoms with Crippen molar-refractivity contribution in [3.05, 3.63) is 65.7 Å². The van der Waals surface area contributed by atoms with Crippen molar-refractivity contribution >= 4 is 17.6 Å². The van der Waals surface area contributed by atoms with Gasteiger partial charge in [0.1, 0.15) is 0 Å². The Bertz CT molecular complexity index is 635. The van der Waals surface area contributed by atoms with Crippen LogP contribution in [0.2, 0.25) is 0 Å². The summed E-state index contributed by atoms with van der Waals surface area (Å²) >= 11 is 0. The van der Waals surface area contributed by atoms with Crippen LogP contribution in [0.3, 0.4) is 0 Å². The van der Waals surface area contributed by atoms with Gasteiger partial charge in [-0.05, 0) is 37.5 Å². The monoisotopic (exact) mass is 296 g/mol. The van der Waals surface area contributed by atoms with Gasteiger partial charge in [-0.2, -0.15) is 0 Å². The van der Waals surface area contributed by atoms with Crippen LogP contribution in [0.15, 0.2) is 54.6 Å². The molecule has 2 aromatic carbocycles. The second-order valence-corrected chi connectivity index (χ2v) is 5.32. The average Bonchev–Trinajstić information content (AvgIpc) is 2.49. The summed E-state index contributed by atoms with van der Waals surface area (Å²) in [6, 6.07) is 16.7. The maximum Gasteiger partial charge on any atom is 0.228 e. The lowest BCUT2D eigenvalue weighted by Gasteiger charge is -2.17. The largest absolute Gasteiger partial charge is 0.550 e. The van der Waals surface area contributed by atoms with E-state index in [0.29, 0.717) is 12.1 Å². The molecule has 0 aromatic heterocycles. The Kier molecular flexibility index (Phi) is 5.31. The fraction of sp³-hybridized carbons (Fsp3) is 0.222. The Morgan fingerprint density at radius 3 is 2.27 bits per heavy atom. The zero-order chi connectivity index (χ0) is 15.9. The number of carboxylic acid groups (broad SMARTS) is 1. The van der Waals surface area contributed by atoms with E-state index in [1.807, 2.05) is 49.4 Å². The predicted molar refractivity (Wildman–Crippen MR) is 83.1 cm³/mol. The standard InChI is InChI=1S/C18H19NO3/c1-13-7-9-14(10-8-13)11-15(12-17(20)21)18(22)19-16-5-3-2-4-6-16/h2-10,15H,11-12H2,1H3,(H,19,22)(H,20,21)/p-1. The number of para-hydroxylation sites is 1. The fourth-order valence-electron chi connectivity index (χ4n) is 2.23. The van der Waals surface area contributed by atoms with Gasteiger partial charge in [-0.1, -0.05) is 48.0 Å². The third-order valence-corrected chi connectivity index (χ3v) is 3.43. The quantitative estimate of drug-likeness (QED) is 0.885. The summed E-state index contributed by atoms with van der Waals surface area (Å²) < 4.78 is 0. The number of hydrogen-bond donors (Lipinski definition) is 1. The van der Waals surface area contributed by atoms with Crippen molar-refractivity contribution in [1.82, 2.24) is 0 Å². The SMILES string of the molecule is Cc1ccc(CC(CC(=O)[O-])C(=O)Nc2ccccc2)cc1. The molecular weight excluding hydrogens is 278 g/mol. The first-order chi connectivity index (χ1) is 10.5. The van der Waals surface area contributed by atoms with Crippen LogP contribution in [0.4, 0.5) is 5.69 Å². The molecule has 0 fully saturated rings. The van der Waals surface area contributed by atoms with Crippen molar-refractivity contribution in [2.75, 3.05) is 5.32 Å². The van der Waals surface area contributed by atoms with Crippen molar-refractivity contribution in [2.24, 2.45) is 5.92 Å². The first-order valence-corrected chi connectivity index (χ1v) is 7.16. The van der Waals surface area contributed by atoms with E-state index < -0.39 is 11.9 Å². The molecule has 1 atom stereocenters. The Balaban J connectivity index is 2.09. The van der Waals surface area contributed by atoms with Crippen LogP contribution in [-0.4, -0.2) is 11.9 Å². The normalized spacial score (nSPS) is 11.7. The minimum atomic E-state index is -1.22. The topological polar surface area (TPSA) is 69.2 Å². The van der Waals surface area contributed by atoms with E-state index >= 15 is 0 Å². The second-order valence-electron chi connectivity index (χ2n) is 5.32. The molecule has 0 heterocycles. The number of aliphatic carboxylic acids is 1. The van der Waals surface area contributed by atoms with Crippen molar-refractivity contribution in [1.29, 1.82) is 0 Å². The second kappa shape index (κ2) is 7.41. The molecule has 0 radical (unpaired) electrons. The predicted octanol–water partition coefficient (Wildman–Crippen LogP) is 1.93. The molecule has 114 valence electrons. The van der Waals surface area contributed by atoms with Crippen molar-refractivity contribution < 1.29 is 14.7 Å². The van der Waals surface area contributed by atoms with Gasteiger partial charge in [-0.25, -0.2) is 0 Å². The van der Waals surface area contributed by atoms with E-state index in [4.69, 9.17) is 0 Å². The number of nitrogens with one attached hydrogen (secondary N) is 1. The molecule has 22 heavy (non-hydrogen) atoms. The van der Waals surface area contributed by atoms with E-state index in [1.54, 1.807) is 12.1 Å². The highest BCUT2D eigenvalue weighted by Gasteiger charge is 2.19. The Hall–Kier alpha value is -2.62. The van der Waals surface area contributed by atoms with Crippen LogP contribution in [0.25, 0.3) is 0 Å². The number of benzene rings is 2. The molecule has 1 amide bonds. The number of rotatable bonds is 6. The third-order valence-electron chi connectivity index (χ3n) is 3.43. The van der Waals surface area contributed by atoms with E-state index in [9.17, 15) is 14.7 Å². The van der Waals surface area contributed by atoms with E-state index in [-0.39, 0.29) is 12.3 Å². The van der Waals surface area contributed by atoms with Crippen molar-refractivity contribution in [3.8, 4) is 0 Å². The van der Waals surface area contributed by atoms with Crippen molar-refractivity contribution in [3.63, 3.8) is 0 Å². The maximum atomic E-state index is 12.3. The number of carbonyl (C=O) groups is 2. The molecule has 0 saturated carbocycles. The number of carbonyl (C=O) groups excluding carboxylic acids is 2. The molecule has 0 aliphatic carbocycles. The molecule has 2 aromatic rings. The van der Waals surface area contributed by atoms with Gasteiger partial charge in [0.25, 0.3) is 0 Å². The van der Waals surface area contributed by atoms with Gasteiger partial charge in [0, 0.05) is 17.6 Å². The third kappa shape index (κ3) is 4.74. The Morgan fingerprint density at radius 1 is 1.05 bits per heavy atom. The van der Waals surface area contributed by atoms with Gasteiger partial charge < -0.3 is 15.2 Å². The van der Waals surface area contributed by atoms with E-state index in [2.05, 4.69) is 5.32 Å². The molecule has 0 aliphatic heterocycles. The summed E-state index contributed by atoms with van der Waals surface area (Å²) in [4.78, 5) is 23.2. The van der Waals surface area contributed by atoms with Gasteiger partial charge >= 0.3 is 0 Å². The molecule has 2 rings (SSSR count). The smallest absolute Gasteiger partial charge is 0.228 e. The van der Waals surface area contributed by atoms with Crippen LogP contribution in [-0.2, 0) is 16.0 Å². The zero-order valence-corrected chi connectivity index (χ0v) is 12.4. The molecule has 0 spiro atoms. The van der Waals surface area contributed by atoms with Crippen LogP contribution in [0.5, 0.6) is 0 Å². The minimum Gasteiger partial charge on any atom is -0.550 e. The maximum absolute atomic E-state index is 12.3. The van der Waals surface area contributed by atoms with E-state index in [0.717, 1.165) is 11.1 Å². The molecular formula is C18H18NO3-. The first kappa shape index (κ1) is 15.8. The number of amides is 1. The van der Waals surface area contributed by atoms with Gasteiger partial charge in [0.05, 0.1) is 0 Å². The lowest BCUT2D eigenvalue weighted by molar-refractivity contribution is -0.306. The summed E-state index contributed by atoms with van der Waals surface area (Å²) in [5.74, 6) is -2.19. The van der Waals surface area contributed by atoms with Crippen LogP contribution >= 0.6 is 0 Å². The molecule has 0 bridgehead atoms.